The third-order valence-corrected chi connectivity index (χ3v) is 6.03. The van der Waals surface area contributed by atoms with Crippen LogP contribution in [0.2, 0.25) is 10.0 Å². The van der Waals surface area contributed by atoms with Crippen LogP contribution in [0.25, 0.3) is 0 Å². The Labute approximate surface area is 161 Å². The van der Waals surface area contributed by atoms with E-state index in [9.17, 15) is 9.59 Å². The van der Waals surface area contributed by atoms with E-state index in [-0.39, 0.29) is 11.5 Å². The highest BCUT2D eigenvalue weighted by Crippen LogP contribution is 2.30. The molecule has 1 aromatic heterocycles. The average Bonchev–Trinajstić information content (AvgIpc) is 2.59. The number of likely N-dealkylation sites (tertiary alicyclic amines) is 1. The van der Waals surface area contributed by atoms with E-state index in [0.29, 0.717) is 34.1 Å². The maximum atomic E-state index is 12.4. The molecule has 2 N–H and O–H groups in total. The number of piperidine rings is 1. The fraction of sp³-hybridized carbons (Fsp3) is 0.368. The lowest BCUT2D eigenvalue weighted by Gasteiger charge is -2.40. The maximum Gasteiger partial charge on any atom is 0.279 e. The van der Waals surface area contributed by atoms with E-state index in [1.54, 1.807) is 24.3 Å². The van der Waals surface area contributed by atoms with E-state index in [0.717, 1.165) is 31.7 Å². The first-order chi connectivity index (χ1) is 12.5. The summed E-state index contributed by atoms with van der Waals surface area (Å²) < 4.78 is 1.91. The minimum atomic E-state index is -0.0381. The minimum absolute atomic E-state index is 0.0381. The number of nitrogens with one attached hydrogen (secondary N) is 2. The SMILES string of the molecule is O=C(C[NH+]1C[C@@H]2C[C@H](C1)c1cccc(=O)n1C2)Nc1ccc(Cl)c(Cl)c1. The van der Waals surface area contributed by atoms with Gasteiger partial charge in [-0.25, -0.2) is 0 Å². The highest BCUT2D eigenvalue weighted by Gasteiger charge is 2.37. The smallest absolute Gasteiger partial charge is 0.279 e. The van der Waals surface area contributed by atoms with Gasteiger partial charge in [-0.2, -0.15) is 0 Å². The lowest BCUT2D eigenvalue weighted by molar-refractivity contribution is -0.903. The molecule has 2 bridgehead atoms. The van der Waals surface area contributed by atoms with Gasteiger partial charge in [-0.1, -0.05) is 29.3 Å². The average molecular weight is 393 g/mol. The van der Waals surface area contributed by atoms with E-state index >= 15 is 0 Å². The molecule has 1 aromatic carbocycles. The summed E-state index contributed by atoms with van der Waals surface area (Å²) >= 11 is 11.9. The van der Waals surface area contributed by atoms with Gasteiger partial charge in [0.1, 0.15) is 0 Å². The predicted molar refractivity (Wildman–Crippen MR) is 102 cm³/mol. The quantitative estimate of drug-likeness (QED) is 0.836. The van der Waals surface area contributed by atoms with E-state index < -0.39 is 0 Å². The summed E-state index contributed by atoms with van der Waals surface area (Å²) in [6.45, 7) is 2.94. The van der Waals surface area contributed by atoms with Gasteiger partial charge in [-0.15, -0.1) is 0 Å². The summed E-state index contributed by atoms with van der Waals surface area (Å²) in [5.41, 5.74) is 1.84. The monoisotopic (exact) mass is 392 g/mol. The number of pyridine rings is 1. The zero-order valence-electron chi connectivity index (χ0n) is 14.2. The molecule has 2 aliphatic heterocycles. The van der Waals surface area contributed by atoms with Crippen LogP contribution in [-0.4, -0.2) is 30.1 Å². The van der Waals surface area contributed by atoms with Crippen LogP contribution in [0.3, 0.4) is 0 Å². The number of fused-ring (bicyclic) bond motifs is 4. The lowest BCUT2D eigenvalue weighted by Crippen LogP contribution is -3.15. The van der Waals surface area contributed by atoms with Gasteiger partial charge in [0.25, 0.3) is 11.5 Å². The van der Waals surface area contributed by atoms with Crippen LogP contribution in [-0.2, 0) is 11.3 Å². The van der Waals surface area contributed by atoms with Crippen molar-refractivity contribution in [3.8, 4) is 0 Å². The minimum Gasteiger partial charge on any atom is -0.326 e. The molecule has 0 saturated carbocycles. The molecule has 5 nitrogen and oxygen atoms in total. The summed E-state index contributed by atoms with van der Waals surface area (Å²) in [5, 5.41) is 3.78. The van der Waals surface area contributed by atoms with Crippen molar-refractivity contribution < 1.29 is 9.69 Å². The number of amides is 1. The van der Waals surface area contributed by atoms with Crippen molar-refractivity contribution in [1.82, 2.24) is 4.57 Å². The van der Waals surface area contributed by atoms with Crippen molar-refractivity contribution in [3.05, 3.63) is 62.5 Å². The number of rotatable bonds is 3. The van der Waals surface area contributed by atoms with Gasteiger partial charge in [0.15, 0.2) is 6.54 Å². The molecule has 0 aliphatic carbocycles. The second-order valence-corrected chi connectivity index (χ2v) is 8.02. The number of hydrogen-bond donors (Lipinski definition) is 2. The Morgan fingerprint density at radius 3 is 2.85 bits per heavy atom. The lowest BCUT2D eigenvalue weighted by atomic mass is 9.83. The Morgan fingerprint density at radius 2 is 2.04 bits per heavy atom. The Balaban J connectivity index is 1.43. The predicted octanol–water partition coefficient (Wildman–Crippen LogP) is 1.80. The molecule has 1 fully saturated rings. The number of quaternary nitrogens is 1. The van der Waals surface area contributed by atoms with Gasteiger partial charge < -0.3 is 14.8 Å². The second kappa shape index (κ2) is 7.06. The van der Waals surface area contributed by atoms with Crippen molar-refractivity contribution in [2.45, 2.75) is 18.9 Å². The zero-order chi connectivity index (χ0) is 18.3. The summed E-state index contributed by atoms with van der Waals surface area (Å²) in [4.78, 5) is 25.8. The van der Waals surface area contributed by atoms with Gasteiger partial charge >= 0.3 is 0 Å². The fourth-order valence-corrected chi connectivity index (χ4v) is 4.57. The zero-order valence-corrected chi connectivity index (χ0v) is 15.7. The number of hydrogen-bond acceptors (Lipinski definition) is 2. The number of benzene rings is 1. The summed E-state index contributed by atoms with van der Waals surface area (Å²) in [6, 6.07) is 10.6. The Hall–Kier alpha value is -1.82. The molecule has 136 valence electrons. The molecule has 7 heteroatoms. The molecule has 0 spiro atoms. The van der Waals surface area contributed by atoms with Crippen molar-refractivity contribution in [2.24, 2.45) is 5.92 Å². The van der Waals surface area contributed by atoms with Gasteiger partial charge in [0.2, 0.25) is 0 Å². The third-order valence-electron chi connectivity index (χ3n) is 5.29. The molecular formula is C19H20Cl2N3O2+. The number of carbonyl (C=O) groups is 1. The van der Waals surface area contributed by atoms with E-state index in [1.165, 1.54) is 4.90 Å². The normalized spacial score (nSPS) is 24.0. The molecule has 3 atom stereocenters. The number of halogens is 2. The molecule has 0 radical (unpaired) electrons. The van der Waals surface area contributed by atoms with E-state index in [4.69, 9.17) is 23.2 Å². The van der Waals surface area contributed by atoms with Gasteiger partial charge in [0.05, 0.1) is 23.1 Å². The fourth-order valence-electron chi connectivity index (χ4n) is 4.27. The second-order valence-electron chi connectivity index (χ2n) is 7.21. The van der Waals surface area contributed by atoms with Gasteiger partial charge in [-0.3, -0.25) is 9.59 Å². The number of carbonyl (C=O) groups excluding carboxylic acids is 1. The van der Waals surface area contributed by atoms with E-state index in [1.807, 2.05) is 16.7 Å². The highest BCUT2D eigenvalue weighted by atomic mass is 35.5. The van der Waals surface area contributed by atoms with Crippen molar-refractivity contribution in [2.75, 3.05) is 25.0 Å². The topological polar surface area (TPSA) is 55.5 Å². The third kappa shape index (κ3) is 3.52. The maximum absolute atomic E-state index is 12.4. The standard InChI is InChI=1S/C19H19Cl2N3O2/c20-15-5-4-14(7-16(15)21)22-18(25)11-23-8-12-6-13(10-23)17-2-1-3-19(26)24(17)9-12/h1-5,7,12-13H,6,8-11H2,(H,22,25)/p+1/t12-,13+/m0/s1. The van der Waals surface area contributed by atoms with Crippen LogP contribution in [0.15, 0.2) is 41.2 Å². The molecular weight excluding hydrogens is 373 g/mol. The van der Waals surface area contributed by atoms with Crippen LogP contribution >= 0.6 is 23.2 Å². The first-order valence-electron chi connectivity index (χ1n) is 8.78. The summed E-state index contributed by atoms with van der Waals surface area (Å²) in [5.74, 6) is 0.738. The molecule has 4 rings (SSSR count). The summed E-state index contributed by atoms with van der Waals surface area (Å²) in [7, 11) is 0. The molecule has 1 unspecified atom stereocenters. The molecule has 1 saturated heterocycles. The van der Waals surface area contributed by atoms with Crippen LogP contribution in [0, 0.1) is 5.92 Å². The Kier molecular flexibility index (Phi) is 4.78. The first-order valence-corrected chi connectivity index (χ1v) is 9.53. The van der Waals surface area contributed by atoms with Crippen LogP contribution in [0.1, 0.15) is 18.0 Å². The molecule has 26 heavy (non-hydrogen) atoms. The number of anilines is 1. The number of nitrogens with zero attached hydrogens (tertiary/aromatic N) is 1. The van der Waals surface area contributed by atoms with Crippen molar-refractivity contribution >= 4 is 34.8 Å². The van der Waals surface area contributed by atoms with E-state index in [2.05, 4.69) is 5.32 Å². The molecule has 3 heterocycles. The van der Waals surface area contributed by atoms with Crippen LogP contribution in [0.5, 0.6) is 0 Å². The largest absolute Gasteiger partial charge is 0.326 e. The molecule has 2 aliphatic rings. The molecule has 2 aromatic rings. The Bertz CT molecular complexity index is 912. The number of aromatic nitrogens is 1. The first kappa shape index (κ1) is 17.6. The van der Waals surface area contributed by atoms with Crippen molar-refractivity contribution in [3.63, 3.8) is 0 Å². The van der Waals surface area contributed by atoms with Crippen LogP contribution < -0.4 is 15.8 Å². The van der Waals surface area contributed by atoms with Crippen molar-refractivity contribution in [1.29, 1.82) is 0 Å². The Morgan fingerprint density at radius 1 is 1.19 bits per heavy atom. The summed E-state index contributed by atoms with van der Waals surface area (Å²) in [6.07, 6.45) is 1.10. The van der Waals surface area contributed by atoms with Gasteiger partial charge in [0, 0.05) is 35.8 Å². The van der Waals surface area contributed by atoms with Gasteiger partial charge in [-0.05, 0) is 30.7 Å². The molecule has 1 amide bonds. The van der Waals surface area contributed by atoms with Crippen LogP contribution in [0.4, 0.5) is 5.69 Å². The highest BCUT2D eigenvalue weighted by molar-refractivity contribution is 6.42.